The highest BCUT2D eigenvalue weighted by molar-refractivity contribution is 5.75. The molecule has 1 spiro atoms. The number of amides is 1. The zero-order valence-corrected chi connectivity index (χ0v) is 22.6. The molecule has 2 aliphatic carbocycles. The van der Waals surface area contributed by atoms with Crippen molar-refractivity contribution >= 4 is 23.7 Å². The molecule has 4 aliphatic rings. The first-order valence-corrected chi connectivity index (χ1v) is 13.6. The van der Waals surface area contributed by atoms with Gasteiger partial charge in [-0.05, 0) is 67.2 Å². The molecular formula is C27H41N5O4. The van der Waals surface area contributed by atoms with Crippen molar-refractivity contribution in [1.29, 1.82) is 0 Å². The second kappa shape index (κ2) is 9.06. The van der Waals surface area contributed by atoms with Crippen LogP contribution in [0, 0.1) is 5.92 Å². The molecule has 0 aromatic carbocycles. The van der Waals surface area contributed by atoms with E-state index in [0.717, 1.165) is 43.9 Å². The van der Waals surface area contributed by atoms with Gasteiger partial charge in [0.15, 0.2) is 0 Å². The molecule has 9 nitrogen and oxygen atoms in total. The van der Waals surface area contributed by atoms with Crippen LogP contribution < -0.4 is 9.80 Å². The number of nitrogens with zero attached hydrogens (tertiary/aromatic N) is 5. The second-order valence-electron chi connectivity index (χ2n) is 12.2. The smallest absolute Gasteiger partial charge is 0.410 e. The zero-order valence-electron chi connectivity index (χ0n) is 22.6. The number of aromatic nitrogens is 2. The molecule has 198 valence electrons. The molecular weight excluding hydrogens is 458 g/mol. The molecule has 0 bridgehead atoms. The van der Waals surface area contributed by atoms with Gasteiger partial charge in [0.25, 0.3) is 0 Å². The largest absolute Gasteiger partial charge is 0.466 e. The van der Waals surface area contributed by atoms with E-state index < -0.39 is 5.60 Å². The highest BCUT2D eigenvalue weighted by Gasteiger charge is 2.54. The fourth-order valence-corrected chi connectivity index (χ4v) is 6.36. The highest BCUT2D eigenvalue weighted by Crippen LogP contribution is 2.56. The van der Waals surface area contributed by atoms with Crippen molar-refractivity contribution < 1.29 is 19.1 Å². The van der Waals surface area contributed by atoms with Gasteiger partial charge in [0.2, 0.25) is 0 Å². The van der Waals surface area contributed by atoms with Crippen molar-refractivity contribution in [3.63, 3.8) is 0 Å². The summed E-state index contributed by atoms with van der Waals surface area (Å²) in [6, 6.07) is 0.436. The zero-order chi connectivity index (χ0) is 25.8. The van der Waals surface area contributed by atoms with Crippen LogP contribution in [0.3, 0.4) is 0 Å². The highest BCUT2D eigenvalue weighted by atomic mass is 16.6. The maximum atomic E-state index is 12.9. The lowest BCUT2D eigenvalue weighted by molar-refractivity contribution is -0.151. The Bertz CT molecular complexity index is 1010. The van der Waals surface area contributed by atoms with Crippen molar-refractivity contribution in [3.05, 3.63) is 11.9 Å². The average molecular weight is 500 g/mol. The van der Waals surface area contributed by atoms with Crippen molar-refractivity contribution in [1.82, 2.24) is 14.9 Å². The van der Waals surface area contributed by atoms with Gasteiger partial charge in [0, 0.05) is 48.7 Å². The molecule has 36 heavy (non-hydrogen) atoms. The van der Waals surface area contributed by atoms with E-state index in [-0.39, 0.29) is 35.5 Å². The Morgan fingerprint density at radius 1 is 1.06 bits per heavy atom. The molecule has 3 heterocycles. The lowest BCUT2D eigenvalue weighted by atomic mass is 9.65. The molecule has 2 saturated carbocycles. The van der Waals surface area contributed by atoms with Crippen LogP contribution in [0.2, 0.25) is 0 Å². The molecule has 2 atom stereocenters. The maximum absolute atomic E-state index is 12.9. The van der Waals surface area contributed by atoms with E-state index in [2.05, 4.69) is 23.6 Å². The predicted octanol–water partition coefficient (Wildman–Crippen LogP) is 3.89. The van der Waals surface area contributed by atoms with Crippen LogP contribution in [0.15, 0.2) is 6.33 Å². The van der Waals surface area contributed by atoms with E-state index in [0.29, 0.717) is 25.7 Å². The Morgan fingerprint density at radius 2 is 1.72 bits per heavy atom. The molecule has 3 fully saturated rings. The van der Waals surface area contributed by atoms with Crippen LogP contribution in [-0.2, 0) is 19.7 Å². The number of ether oxygens (including phenoxy) is 2. The SMILES string of the molecule is CCOC(=O)C1CC(N2CC3(CCC3)c3c2ncnc3N2C[C@@H](C)N(C(=O)OC(C)(C)C)C[C@@H]2C)C1. The number of hydrogen-bond acceptors (Lipinski definition) is 8. The van der Waals surface area contributed by atoms with Crippen molar-refractivity contribution in [2.75, 3.05) is 36.0 Å². The number of esters is 1. The van der Waals surface area contributed by atoms with Crippen LogP contribution in [-0.4, -0.2) is 76.9 Å². The number of fused-ring (bicyclic) bond motifs is 2. The van der Waals surface area contributed by atoms with Crippen molar-refractivity contribution in [2.24, 2.45) is 5.92 Å². The number of rotatable bonds is 4. The van der Waals surface area contributed by atoms with Crippen LogP contribution >= 0.6 is 0 Å². The summed E-state index contributed by atoms with van der Waals surface area (Å²) < 4.78 is 10.9. The molecule has 2 aliphatic heterocycles. The molecule has 9 heteroatoms. The fraction of sp³-hybridized carbons (Fsp3) is 0.778. The van der Waals surface area contributed by atoms with Crippen LogP contribution in [0.25, 0.3) is 0 Å². The molecule has 0 N–H and O–H groups in total. The van der Waals surface area contributed by atoms with E-state index in [1.807, 2.05) is 32.6 Å². The first-order valence-electron chi connectivity index (χ1n) is 13.6. The number of piperazine rings is 1. The lowest BCUT2D eigenvalue weighted by Gasteiger charge is -2.47. The van der Waals surface area contributed by atoms with E-state index >= 15 is 0 Å². The topological polar surface area (TPSA) is 88.1 Å². The third kappa shape index (κ3) is 4.28. The van der Waals surface area contributed by atoms with Gasteiger partial charge in [0.1, 0.15) is 23.6 Å². The molecule has 0 unspecified atom stereocenters. The quantitative estimate of drug-likeness (QED) is 0.577. The van der Waals surface area contributed by atoms with Crippen LogP contribution in [0.5, 0.6) is 0 Å². The number of carbonyl (C=O) groups is 2. The van der Waals surface area contributed by atoms with Gasteiger partial charge in [-0.3, -0.25) is 4.79 Å². The summed E-state index contributed by atoms with van der Waals surface area (Å²) in [6.45, 7) is 14.5. The summed E-state index contributed by atoms with van der Waals surface area (Å²) in [5.41, 5.74) is 0.852. The van der Waals surface area contributed by atoms with Crippen LogP contribution in [0.4, 0.5) is 16.4 Å². The van der Waals surface area contributed by atoms with Gasteiger partial charge in [0.05, 0.1) is 12.5 Å². The van der Waals surface area contributed by atoms with E-state index in [4.69, 9.17) is 19.4 Å². The first kappa shape index (κ1) is 25.1. The van der Waals surface area contributed by atoms with Gasteiger partial charge < -0.3 is 24.2 Å². The molecule has 1 amide bonds. The van der Waals surface area contributed by atoms with Gasteiger partial charge in [-0.25, -0.2) is 14.8 Å². The number of anilines is 2. The summed E-state index contributed by atoms with van der Waals surface area (Å²) in [5.74, 6) is 1.99. The summed E-state index contributed by atoms with van der Waals surface area (Å²) >= 11 is 0. The Labute approximate surface area is 214 Å². The Kier molecular flexibility index (Phi) is 6.32. The first-order chi connectivity index (χ1) is 17.0. The summed E-state index contributed by atoms with van der Waals surface area (Å²) in [4.78, 5) is 41.4. The van der Waals surface area contributed by atoms with Gasteiger partial charge in [-0.1, -0.05) is 6.42 Å². The monoisotopic (exact) mass is 499 g/mol. The third-order valence-electron chi connectivity index (χ3n) is 8.45. The lowest BCUT2D eigenvalue weighted by Crippen LogP contribution is -2.59. The second-order valence-corrected chi connectivity index (χ2v) is 12.2. The normalized spacial score (nSPS) is 28.9. The Balaban J connectivity index is 1.37. The molecule has 1 aromatic heterocycles. The minimum Gasteiger partial charge on any atom is -0.466 e. The van der Waals surface area contributed by atoms with Crippen LogP contribution in [0.1, 0.15) is 79.2 Å². The van der Waals surface area contributed by atoms with E-state index in [9.17, 15) is 9.59 Å². The Hall–Kier alpha value is -2.58. The Morgan fingerprint density at radius 3 is 2.31 bits per heavy atom. The minimum absolute atomic E-state index is 0.000508. The molecule has 5 rings (SSSR count). The molecule has 0 radical (unpaired) electrons. The van der Waals surface area contributed by atoms with Gasteiger partial charge in [-0.2, -0.15) is 0 Å². The number of hydrogen-bond donors (Lipinski definition) is 0. The minimum atomic E-state index is -0.515. The van der Waals surface area contributed by atoms with Gasteiger partial charge in [-0.15, -0.1) is 0 Å². The van der Waals surface area contributed by atoms with E-state index in [1.165, 1.54) is 12.0 Å². The van der Waals surface area contributed by atoms with Crippen molar-refractivity contribution in [3.8, 4) is 0 Å². The maximum Gasteiger partial charge on any atom is 0.410 e. The summed E-state index contributed by atoms with van der Waals surface area (Å²) in [7, 11) is 0. The molecule has 1 aromatic rings. The molecule has 1 saturated heterocycles. The van der Waals surface area contributed by atoms with Gasteiger partial charge >= 0.3 is 12.1 Å². The predicted molar refractivity (Wildman–Crippen MR) is 137 cm³/mol. The summed E-state index contributed by atoms with van der Waals surface area (Å²) in [5, 5.41) is 0. The summed E-state index contributed by atoms with van der Waals surface area (Å²) in [6.07, 6.45) is 6.61. The average Bonchev–Trinajstić information content (AvgIpc) is 3.09. The van der Waals surface area contributed by atoms with E-state index in [1.54, 1.807) is 6.33 Å². The fourth-order valence-electron chi connectivity index (χ4n) is 6.36. The third-order valence-corrected chi connectivity index (χ3v) is 8.45. The standard InChI is InChI=1S/C27H41N5O4/c1-7-35-24(33)19-11-20(12-19)32-15-27(9-8-10-27)21-22(28-16-29-23(21)32)30-13-18(3)31(14-17(30)2)25(34)36-26(4,5)6/h16-20H,7-15H2,1-6H3/t17-,18+,19?,20?/m0/s1. The number of carbonyl (C=O) groups excluding carboxylic acids is 2. The van der Waals surface area contributed by atoms with Crippen molar-refractivity contribution in [2.45, 2.75) is 103 Å².